The van der Waals surface area contributed by atoms with Crippen LogP contribution in [0.3, 0.4) is 0 Å². The van der Waals surface area contributed by atoms with Gasteiger partial charge in [0, 0.05) is 51.9 Å². The maximum Gasteiger partial charge on any atom is 0.214 e. The molecule has 2 atom stereocenters. The number of likely N-dealkylation sites (tertiary alicyclic amines) is 1. The first-order valence-corrected chi connectivity index (χ1v) is 10.3. The van der Waals surface area contributed by atoms with Crippen LogP contribution in [-0.2, 0) is 10.0 Å². The summed E-state index contributed by atoms with van der Waals surface area (Å²) in [7, 11) is -1.24. The van der Waals surface area contributed by atoms with Gasteiger partial charge < -0.3 is 10.6 Å². The van der Waals surface area contributed by atoms with Gasteiger partial charge in [0.25, 0.3) is 0 Å². The van der Waals surface area contributed by atoms with Gasteiger partial charge >= 0.3 is 0 Å². The second-order valence-corrected chi connectivity index (χ2v) is 9.07. The Morgan fingerprint density at radius 2 is 2.04 bits per heavy atom. The normalized spacial score (nSPS) is 31.0. The lowest BCUT2D eigenvalue weighted by Crippen LogP contribution is -2.48. The van der Waals surface area contributed by atoms with Gasteiger partial charge in [0.2, 0.25) is 10.0 Å². The molecule has 2 heterocycles. The zero-order valence-corrected chi connectivity index (χ0v) is 17.7. The van der Waals surface area contributed by atoms with E-state index >= 15 is 0 Å². The number of nitrogens with zero attached hydrogens (tertiary/aromatic N) is 3. The summed E-state index contributed by atoms with van der Waals surface area (Å²) in [6.45, 7) is 6.26. The molecule has 2 unspecified atom stereocenters. The summed E-state index contributed by atoms with van der Waals surface area (Å²) in [6.07, 6.45) is 3.43. The minimum atomic E-state index is -3.01. The fourth-order valence-electron chi connectivity index (χ4n) is 3.54. The van der Waals surface area contributed by atoms with Gasteiger partial charge in [-0.15, -0.1) is 24.0 Å². The average molecular weight is 471 g/mol. The molecule has 0 amide bonds. The van der Waals surface area contributed by atoms with Crippen LogP contribution in [0.2, 0.25) is 0 Å². The van der Waals surface area contributed by atoms with Crippen LogP contribution in [0.5, 0.6) is 0 Å². The van der Waals surface area contributed by atoms with E-state index in [0.717, 1.165) is 31.5 Å². The van der Waals surface area contributed by atoms with Crippen molar-refractivity contribution in [1.82, 2.24) is 19.8 Å². The third-order valence-corrected chi connectivity index (χ3v) is 7.06. The van der Waals surface area contributed by atoms with E-state index in [2.05, 4.69) is 27.4 Å². The summed E-state index contributed by atoms with van der Waals surface area (Å²) in [5, 5.41) is 6.76. The molecular formula is C15H30IN5O2S. The van der Waals surface area contributed by atoms with Crippen LogP contribution in [0.4, 0.5) is 0 Å². The lowest BCUT2D eigenvalue weighted by molar-refractivity contribution is 0.315. The Kier molecular flexibility index (Phi) is 7.15. The molecule has 1 aliphatic carbocycles. The van der Waals surface area contributed by atoms with Crippen molar-refractivity contribution in [2.75, 3.05) is 45.5 Å². The maximum atomic E-state index is 11.8. The van der Waals surface area contributed by atoms with Crippen molar-refractivity contribution in [3.05, 3.63) is 0 Å². The molecule has 2 aliphatic heterocycles. The number of nitrogens with one attached hydrogen (secondary N) is 2. The van der Waals surface area contributed by atoms with Crippen molar-refractivity contribution in [2.45, 2.75) is 38.3 Å². The molecule has 9 heteroatoms. The van der Waals surface area contributed by atoms with Crippen LogP contribution < -0.4 is 10.6 Å². The van der Waals surface area contributed by atoms with Crippen LogP contribution in [0, 0.1) is 5.92 Å². The van der Waals surface area contributed by atoms with Crippen molar-refractivity contribution < 1.29 is 8.42 Å². The standard InChI is InChI=1S/C15H29N5O2S.HI/c1-12-10-19(13-4-5-13)11-14(12)18-15(16-2)17-6-8-20-7-3-9-23(20,21)22;/h12-14H,3-11H2,1-2H3,(H2,16,17,18);1H. The van der Waals surface area contributed by atoms with E-state index in [1.54, 1.807) is 11.4 Å². The van der Waals surface area contributed by atoms with Crippen molar-refractivity contribution in [2.24, 2.45) is 10.9 Å². The molecule has 7 nitrogen and oxygen atoms in total. The minimum absolute atomic E-state index is 0. The summed E-state index contributed by atoms with van der Waals surface area (Å²) < 4.78 is 25.1. The molecule has 2 N–H and O–H groups in total. The van der Waals surface area contributed by atoms with Gasteiger partial charge in [-0.05, 0) is 25.2 Å². The van der Waals surface area contributed by atoms with E-state index in [9.17, 15) is 8.42 Å². The molecule has 1 saturated carbocycles. The average Bonchev–Trinajstić information content (AvgIpc) is 3.22. The summed E-state index contributed by atoms with van der Waals surface area (Å²) in [4.78, 5) is 6.86. The van der Waals surface area contributed by atoms with E-state index in [1.165, 1.54) is 12.8 Å². The molecule has 0 spiro atoms. The first-order chi connectivity index (χ1) is 11.0. The first kappa shape index (κ1) is 20.2. The van der Waals surface area contributed by atoms with E-state index in [1.807, 2.05) is 0 Å². The van der Waals surface area contributed by atoms with Crippen molar-refractivity contribution in [1.29, 1.82) is 0 Å². The highest BCUT2D eigenvalue weighted by atomic mass is 127. The third-order valence-electron chi connectivity index (χ3n) is 5.11. The van der Waals surface area contributed by atoms with Gasteiger partial charge in [-0.25, -0.2) is 12.7 Å². The molecule has 0 radical (unpaired) electrons. The second-order valence-electron chi connectivity index (χ2n) is 6.98. The predicted octanol–water partition coefficient (Wildman–Crippen LogP) is 0.288. The third kappa shape index (κ3) is 4.95. The van der Waals surface area contributed by atoms with Crippen LogP contribution >= 0.6 is 24.0 Å². The highest BCUT2D eigenvalue weighted by molar-refractivity contribution is 14.0. The summed E-state index contributed by atoms with van der Waals surface area (Å²) in [6, 6.07) is 1.22. The zero-order valence-electron chi connectivity index (χ0n) is 14.6. The Balaban J connectivity index is 0.00000208. The number of hydrogen-bond donors (Lipinski definition) is 2. The smallest absolute Gasteiger partial charge is 0.214 e. The molecular weight excluding hydrogens is 441 g/mol. The molecule has 0 aromatic heterocycles. The predicted molar refractivity (Wildman–Crippen MR) is 107 cm³/mol. The van der Waals surface area contributed by atoms with Gasteiger partial charge in [-0.1, -0.05) is 6.92 Å². The fraction of sp³-hybridized carbons (Fsp3) is 0.933. The Hall–Kier alpha value is -0.130. The summed E-state index contributed by atoms with van der Waals surface area (Å²) in [5.41, 5.74) is 0. The Morgan fingerprint density at radius 1 is 1.29 bits per heavy atom. The molecule has 24 heavy (non-hydrogen) atoms. The van der Waals surface area contributed by atoms with Crippen molar-refractivity contribution >= 4 is 40.0 Å². The van der Waals surface area contributed by atoms with Crippen LogP contribution in [0.1, 0.15) is 26.2 Å². The molecule has 3 aliphatic rings. The molecule has 3 fully saturated rings. The number of guanidine groups is 1. The molecule has 3 rings (SSSR count). The highest BCUT2D eigenvalue weighted by Crippen LogP contribution is 2.31. The van der Waals surface area contributed by atoms with Crippen molar-refractivity contribution in [3.8, 4) is 0 Å². The number of halogens is 1. The first-order valence-electron chi connectivity index (χ1n) is 8.68. The van der Waals surface area contributed by atoms with Gasteiger partial charge in [0.05, 0.1) is 5.75 Å². The fourth-order valence-corrected chi connectivity index (χ4v) is 5.07. The molecule has 0 aromatic carbocycles. The largest absolute Gasteiger partial charge is 0.355 e. The highest BCUT2D eigenvalue weighted by Gasteiger charge is 2.38. The Bertz CT molecular complexity index is 552. The van der Waals surface area contributed by atoms with Gasteiger partial charge in [0.1, 0.15) is 0 Å². The van der Waals surface area contributed by atoms with Crippen LogP contribution in [0.15, 0.2) is 4.99 Å². The number of hydrogen-bond acceptors (Lipinski definition) is 4. The zero-order chi connectivity index (χ0) is 16.4. The monoisotopic (exact) mass is 471 g/mol. The SMILES string of the molecule is CN=C(NCCN1CCCS1(=O)=O)NC1CN(C2CC2)CC1C.I. The lowest BCUT2D eigenvalue weighted by atomic mass is 10.1. The number of rotatable bonds is 5. The van der Waals surface area contributed by atoms with E-state index in [-0.39, 0.29) is 29.7 Å². The van der Waals surface area contributed by atoms with E-state index in [4.69, 9.17) is 0 Å². The van der Waals surface area contributed by atoms with Gasteiger partial charge in [-0.2, -0.15) is 0 Å². The van der Waals surface area contributed by atoms with Crippen molar-refractivity contribution in [3.63, 3.8) is 0 Å². The van der Waals surface area contributed by atoms with Crippen LogP contribution in [0.25, 0.3) is 0 Å². The van der Waals surface area contributed by atoms with E-state index < -0.39 is 10.0 Å². The topological polar surface area (TPSA) is 77.0 Å². The van der Waals surface area contributed by atoms with Gasteiger partial charge in [-0.3, -0.25) is 9.89 Å². The lowest BCUT2D eigenvalue weighted by Gasteiger charge is -2.21. The second kappa shape index (κ2) is 8.50. The Morgan fingerprint density at radius 3 is 2.62 bits per heavy atom. The molecule has 140 valence electrons. The number of aliphatic imine (C=N–C) groups is 1. The van der Waals surface area contributed by atoms with E-state index in [0.29, 0.717) is 31.6 Å². The maximum absolute atomic E-state index is 11.8. The molecule has 0 aromatic rings. The summed E-state index contributed by atoms with van der Waals surface area (Å²) >= 11 is 0. The van der Waals surface area contributed by atoms with Gasteiger partial charge in [0.15, 0.2) is 5.96 Å². The molecule has 2 saturated heterocycles. The number of sulfonamides is 1. The Labute approximate surface area is 162 Å². The summed E-state index contributed by atoms with van der Waals surface area (Å²) in [5.74, 6) is 1.67. The van der Waals surface area contributed by atoms with Crippen LogP contribution in [-0.4, -0.2) is 81.2 Å². The minimum Gasteiger partial charge on any atom is -0.355 e. The quantitative estimate of drug-likeness (QED) is 0.343. The molecule has 0 bridgehead atoms.